The first-order valence-electron chi connectivity index (χ1n) is 7.08. The lowest BCUT2D eigenvalue weighted by molar-refractivity contribution is -0.132. The van der Waals surface area contributed by atoms with Crippen molar-refractivity contribution in [3.05, 3.63) is 0 Å². The van der Waals surface area contributed by atoms with Gasteiger partial charge in [-0.15, -0.1) is 0 Å². The van der Waals surface area contributed by atoms with E-state index in [4.69, 9.17) is 5.73 Å². The molecule has 0 aromatic carbocycles. The van der Waals surface area contributed by atoms with E-state index in [-0.39, 0.29) is 12.5 Å². The molecule has 0 saturated heterocycles. The van der Waals surface area contributed by atoms with Crippen molar-refractivity contribution < 1.29 is 13.2 Å². The minimum Gasteiger partial charge on any atom is -0.354 e. The topological polar surface area (TPSA) is 101 Å². The third-order valence-corrected chi connectivity index (χ3v) is 4.76. The van der Waals surface area contributed by atoms with Crippen molar-refractivity contribution in [2.45, 2.75) is 51.5 Å². The van der Waals surface area contributed by atoms with E-state index in [0.29, 0.717) is 6.54 Å². The van der Waals surface area contributed by atoms with Gasteiger partial charge in [0.25, 0.3) is 0 Å². The number of carbonyl (C=O) groups is 1. The largest absolute Gasteiger partial charge is 0.354 e. The second-order valence-corrected chi connectivity index (χ2v) is 8.23. The Kier molecular flexibility index (Phi) is 5.57. The Morgan fingerprint density at radius 2 is 1.80 bits per heavy atom. The zero-order chi connectivity index (χ0) is 15.4. The molecule has 0 radical (unpaired) electrons. The highest BCUT2D eigenvalue weighted by molar-refractivity contribution is 7.88. The van der Waals surface area contributed by atoms with Crippen molar-refractivity contribution >= 4 is 15.9 Å². The van der Waals surface area contributed by atoms with Crippen LogP contribution in [0.2, 0.25) is 0 Å². The number of hydrogen-bond donors (Lipinski definition) is 3. The molecule has 0 heterocycles. The summed E-state index contributed by atoms with van der Waals surface area (Å²) in [6.45, 7) is 4.08. The summed E-state index contributed by atoms with van der Waals surface area (Å²) >= 11 is 0. The van der Waals surface area contributed by atoms with Gasteiger partial charge in [-0.3, -0.25) is 4.79 Å². The van der Waals surface area contributed by atoms with Gasteiger partial charge >= 0.3 is 0 Å². The molecule has 1 aliphatic carbocycles. The highest BCUT2D eigenvalue weighted by Crippen LogP contribution is 2.35. The van der Waals surface area contributed by atoms with Crippen LogP contribution in [0.3, 0.4) is 0 Å². The van der Waals surface area contributed by atoms with Gasteiger partial charge in [0.15, 0.2) is 0 Å². The van der Waals surface area contributed by atoms with Crippen LogP contribution in [-0.4, -0.2) is 39.2 Å². The van der Waals surface area contributed by atoms with E-state index < -0.39 is 21.0 Å². The van der Waals surface area contributed by atoms with Gasteiger partial charge in [-0.2, -0.15) is 0 Å². The van der Waals surface area contributed by atoms with E-state index >= 15 is 0 Å². The Morgan fingerprint density at radius 1 is 1.25 bits per heavy atom. The Labute approximate surface area is 121 Å². The third-order valence-electron chi connectivity index (χ3n) is 3.84. The second-order valence-electron chi connectivity index (χ2n) is 6.49. The summed E-state index contributed by atoms with van der Waals surface area (Å²) < 4.78 is 25.0. The SMILES string of the molecule is CC(C)(CNC(=O)C1(CN)CCCCC1)NS(C)(=O)=O. The maximum absolute atomic E-state index is 12.4. The summed E-state index contributed by atoms with van der Waals surface area (Å²) in [5.41, 5.74) is 4.62. The van der Waals surface area contributed by atoms with Crippen LogP contribution in [0.1, 0.15) is 46.0 Å². The average molecular weight is 305 g/mol. The zero-order valence-electron chi connectivity index (χ0n) is 12.7. The van der Waals surface area contributed by atoms with Gasteiger partial charge < -0.3 is 11.1 Å². The van der Waals surface area contributed by atoms with Crippen LogP contribution in [0, 0.1) is 5.41 Å². The van der Waals surface area contributed by atoms with Crippen LogP contribution >= 0.6 is 0 Å². The molecular weight excluding hydrogens is 278 g/mol. The quantitative estimate of drug-likeness (QED) is 0.658. The predicted octanol–water partition coefficient (Wildman–Crippen LogP) is 0.340. The molecular formula is C13H27N3O3S. The molecule has 0 atom stereocenters. The molecule has 1 aliphatic rings. The Bertz CT molecular complexity index is 440. The van der Waals surface area contributed by atoms with Crippen molar-refractivity contribution in [1.29, 1.82) is 0 Å². The number of amides is 1. The Balaban J connectivity index is 2.61. The lowest BCUT2D eigenvalue weighted by Crippen LogP contribution is -2.55. The lowest BCUT2D eigenvalue weighted by atomic mass is 9.73. The smallest absolute Gasteiger partial charge is 0.227 e. The van der Waals surface area contributed by atoms with E-state index in [1.165, 1.54) is 0 Å². The van der Waals surface area contributed by atoms with E-state index in [1.807, 2.05) is 0 Å². The Morgan fingerprint density at radius 3 is 2.25 bits per heavy atom. The van der Waals surface area contributed by atoms with Gasteiger partial charge in [0.2, 0.25) is 15.9 Å². The number of carbonyl (C=O) groups excluding carboxylic acids is 1. The van der Waals surface area contributed by atoms with Crippen LogP contribution in [0.25, 0.3) is 0 Å². The fourth-order valence-corrected chi connectivity index (χ4v) is 3.86. The first-order valence-corrected chi connectivity index (χ1v) is 8.97. The molecule has 1 fully saturated rings. The number of nitrogens with two attached hydrogens (primary N) is 1. The van der Waals surface area contributed by atoms with Gasteiger partial charge in [-0.05, 0) is 26.7 Å². The molecule has 0 aromatic heterocycles. The first-order chi connectivity index (χ1) is 9.10. The standard InChI is InChI=1S/C13H27N3O3S/c1-12(2,16-20(3,18)19)10-15-11(17)13(9-14)7-5-4-6-8-13/h16H,4-10,14H2,1-3H3,(H,15,17). The summed E-state index contributed by atoms with van der Waals surface area (Å²) in [5.74, 6) is -0.0527. The van der Waals surface area contributed by atoms with Crippen LogP contribution in [-0.2, 0) is 14.8 Å². The van der Waals surface area contributed by atoms with Crippen molar-refractivity contribution in [1.82, 2.24) is 10.0 Å². The lowest BCUT2D eigenvalue weighted by Gasteiger charge is -2.36. The maximum atomic E-state index is 12.4. The molecule has 4 N–H and O–H groups in total. The van der Waals surface area contributed by atoms with Crippen molar-refractivity contribution in [2.75, 3.05) is 19.3 Å². The maximum Gasteiger partial charge on any atom is 0.227 e. The van der Waals surface area contributed by atoms with E-state index in [9.17, 15) is 13.2 Å². The summed E-state index contributed by atoms with van der Waals surface area (Å²) in [5, 5.41) is 2.86. The highest BCUT2D eigenvalue weighted by atomic mass is 32.2. The molecule has 7 heteroatoms. The van der Waals surface area contributed by atoms with Gasteiger partial charge in [-0.25, -0.2) is 13.1 Å². The molecule has 1 rings (SSSR count). The zero-order valence-corrected chi connectivity index (χ0v) is 13.5. The minimum absolute atomic E-state index is 0.0527. The normalized spacial score (nSPS) is 19.6. The van der Waals surface area contributed by atoms with Crippen LogP contribution in [0.5, 0.6) is 0 Å². The van der Waals surface area contributed by atoms with Gasteiger partial charge in [0.1, 0.15) is 0 Å². The van der Waals surface area contributed by atoms with Gasteiger partial charge in [0.05, 0.1) is 11.7 Å². The molecule has 0 spiro atoms. The van der Waals surface area contributed by atoms with Gasteiger partial charge in [0, 0.05) is 18.6 Å². The fraction of sp³-hybridized carbons (Fsp3) is 0.923. The van der Waals surface area contributed by atoms with E-state index in [0.717, 1.165) is 38.4 Å². The van der Waals surface area contributed by atoms with Crippen LogP contribution < -0.4 is 15.8 Å². The second kappa shape index (κ2) is 6.41. The monoisotopic (exact) mass is 305 g/mol. The molecule has 1 saturated carbocycles. The molecule has 0 aliphatic heterocycles. The number of rotatable bonds is 6. The summed E-state index contributed by atoms with van der Waals surface area (Å²) in [6, 6.07) is 0. The summed E-state index contributed by atoms with van der Waals surface area (Å²) in [7, 11) is -3.30. The molecule has 20 heavy (non-hydrogen) atoms. The van der Waals surface area contributed by atoms with Crippen molar-refractivity contribution in [3.8, 4) is 0 Å². The third kappa shape index (κ3) is 5.03. The van der Waals surface area contributed by atoms with Crippen LogP contribution in [0.4, 0.5) is 0 Å². The average Bonchev–Trinajstić information content (AvgIpc) is 2.34. The molecule has 118 valence electrons. The number of sulfonamides is 1. The van der Waals surface area contributed by atoms with Gasteiger partial charge in [-0.1, -0.05) is 19.3 Å². The Hall–Kier alpha value is -0.660. The highest BCUT2D eigenvalue weighted by Gasteiger charge is 2.38. The molecule has 0 bridgehead atoms. The number of hydrogen-bond acceptors (Lipinski definition) is 4. The fourth-order valence-electron chi connectivity index (χ4n) is 2.78. The number of nitrogens with one attached hydrogen (secondary N) is 2. The minimum atomic E-state index is -3.30. The molecule has 1 amide bonds. The van der Waals surface area contributed by atoms with E-state index in [1.54, 1.807) is 13.8 Å². The van der Waals surface area contributed by atoms with Crippen LogP contribution in [0.15, 0.2) is 0 Å². The van der Waals surface area contributed by atoms with E-state index in [2.05, 4.69) is 10.0 Å². The predicted molar refractivity (Wildman–Crippen MR) is 79.6 cm³/mol. The molecule has 0 aromatic rings. The summed E-state index contributed by atoms with van der Waals surface area (Å²) in [6.07, 6.45) is 5.94. The summed E-state index contributed by atoms with van der Waals surface area (Å²) in [4.78, 5) is 12.4. The molecule has 0 unspecified atom stereocenters. The van der Waals surface area contributed by atoms with Crippen molar-refractivity contribution in [2.24, 2.45) is 11.1 Å². The van der Waals surface area contributed by atoms with Crippen molar-refractivity contribution in [3.63, 3.8) is 0 Å². The molecule has 6 nitrogen and oxygen atoms in total. The first kappa shape index (κ1) is 17.4.